The fourth-order valence-electron chi connectivity index (χ4n) is 2.55. The van der Waals surface area contributed by atoms with E-state index in [4.69, 9.17) is 16.2 Å². The van der Waals surface area contributed by atoms with Crippen molar-refractivity contribution in [2.24, 2.45) is 0 Å². The van der Waals surface area contributed by atoms with Gasteiger partial charge in [0.1, 0.15) is 0 Å². The van der Waals surface area contributed by atoms with E-state index in [0.29, 0.717) is 0 Å². The Bertz CT molecular complexity index is 525. The second-order valence-corrected chi connectivity index (χ2v) is 5.37. The van der Waals surface area contributed by atoms with Crippen LogP contribution in [0.5, 0.6) is 0 Å². The first-order valence-electron chi connectivity index (χ1n) is 6.43. The number of nitrogens with two attached hydrogens (primary N) is 2. The molecule has 1 heterocycles. The average molecular weight is 254 g/mol. The number of hydrogen-bond donors (Lipinski definition) is 2. The summed E-state index contributed by atoms with van der Waals surface area (Å²) >= 11 is 0. The molecule has 3 heteroatoms. The molecule has 1 aliphatic heterocycles. The number of rotatable bonds is 3. The highest BCUT2D eigenvalue weighted by molar-refractivity contribution is 5.47. The van der Waals surface area contributed by atoms with Crippen LogP contribution in [0.25, 0.3) is 0 Å². The normalized spacial score (nSPS) is 21.6. The Morgan fingerprint density at radius 2 is 1.26 bits per heavy atom. The first-order valence-corrected chi connectivity index (χ1v) is 6.43. The van der Waals surface area contributed by atoms with Gasteiger partial charge in [-0.05, 0) is 42.3 Å². The molecule has 0 spiro atoms. The van der Waals surface area contributed by atoms with Gasteiger partial charge in [-0.3, -0.25) is 0 Å². The zero-order valence-electron chi connectivity index (χ0n) is 11.0. The van der Waals surface area contributed by atoms with E-state index in [1.165, 1.54) is 11.1 Å². The van der Waals surface area contributed by atoms with Crippen LogP contribution in [-0.4, -0.2) is 12.2 Å². The number of ether oxygens (including phenoxy) is 1. The number of nitrogen functional groups attached to an aromatic ring is 2. The van der Waals surface area contributed by atoms with E-state index in [1.54, 1.807) is 0 Å². The van der Waals surface area contributed by atoms with Crippen LogP contribution in [0.2, 0.25) is 0 Å². The molecule has 3 rings (SSSR count). The van der Waals surface area contributed by atoms with Gasteiger partial charge >= 0.3 is 0 Å². The van der Waals surface area contributed by atoms with E-state index in [1.807, 2.05) is 24.3 Å². The molecule has 0 aliphatic carbocycles. The molecule has 1 fully saturated rings. The lowest BCUT2D eigenvalue weighted by Gasteiger charge is -2.22. The zero-order valence-corrected chi connectivity index (χ0v) is 11.0. The van der Waals surface area contributed by atoms with Gasteiger partial charge in [0.25, 0.3) is 0 Å². The predicted molar refractivity (Wildman–Crippen MR) is 77.9 cm³/mol. The van der Waals surface area contributed by atoms with Crippen molar-refractivity contribution < 1.29 is 4.74 Å². The maximum Gasteiger partial charge on any atom is 0.0996 e. The predicted octanol–water partition coefficient (Wildman–Crippen LogP) is 2.77. The summed E-state index contributed by atoms with van der Waals surface area (Å²) in [6, 6.07) is 16.0. The van der Waals surface area contributed by atoms with Crippen LogP contribution in [0.1, 0.15) is 24.0 Å². The number of epoxide rings is 1. The van der Waals surface area contributed by atoms with Crippen LogP contribution in [0, 0.1) is 0 Å². The minimum atomic E-state index is -0.119. The number of anilines is 2. The molecular weight excluding hydrogens is 236 g/mol. The maximum absolute atomic E-state index is 5.76. The van der Waals surface area contributed by atoms with Gasteiger partial charge in [-0.25, -0.2) is 0 Å². The van der Waals surface area contributed by atoms with Gasteiger partial charge in [-0.1, -0.05) is 24.3 Å². The topological polar surface area (TPSA) is 64.6 Å². The molecule has 1 saturated heterocycles. The Morgan fingerprint density at radius 1 is 0.895 bits per heavy atom. The smallest absolute Gasteiger partial charge is 0.0996 e. The summed E-state index contributed by atoms with van der Waals surface area (Å²) in [7, 11) is 0. The third kappa shape index (κ3) is 2.29. The fourth-order valence-corrected chi connectivity index (χ4v) is 2.55. The van der Waals surface area contributed by atoms with Crippen molar-refractivity contribution in [3.05, 3.63) is 59.7 Å². The molecule has 98 valence electrons. The molecule has 2 aromatic carbocycles. The third-order valence-electron chi connectivity index (χ3n) is 3.75. The lowest BCUT2D eigenvalue weighted by atomic mass is 9.81. The zero-order chi connectivity index (χ0) is 13.5. The van der Waals surface area contributed by atoms with E-state index >= 15 is 0 Å². The first-order chi connectivity index (χ1) is 9.08. The van der Waals surface area contributed by atoms with Crippen molar-refractivity contribution in [3.63, 3.8) is 0 Å². The number of hydrogen-bond acceptors (Lipinski definition) is 3. The molecule has 1 unspecified atom stereocenters. The molecule has 1 atom stereocenters. The molecule has 0 aromatic heterocycles. The Morgan fingerprint density at radius 3 is 1.58 bits per heavy atom. The second kappa shape index (κ2) is 4.28. The molecule has 4 N–H and O–H groups in total. The highest BCUT2D eigenvalue weighted by Gasteiger charge is 2.48. The maximum atomic E-state index is 5.76. The van der Waals surface area contributed by atoms with Gasteiger partial charge < -0.3 is 16.2 Å². The molecule has 0 amide bonds. The van der Waals surface area contributed by atoms with Crippen LogP contribution in [-0.2, 0) is 4.74 Å². The lowest BCUT2D eigenvalue weighted by molar-refractivity contribution is 0.300. The third-order valence-corrected chi connectivity index (χ3v) is 3.75. The minimum absolute atomic E-state index is 0.119. The molecular formula is C16H18N2O. The van der Waals surface area contributed by atoms with Crippen molar-refractivity contribution in [2.75, 3.05) is 18.1 Å². The highest BCUT2D eigenvalue weighted by Crippen LogP contribution is 2.45. The second-order valence-electron chi connectivity index (χ2n) is 5.37. The van der Waals surface area contributed by atoms with E-state index in [9.17, 15) is 0 Å². The van der Waals surface area contributed by atoms with Crippen LogP contribution < -0.4 is 11.5 Å². The summed E-state index contributed by atoms with van der Waals surface area (Å²) in [6.07, 6.45) is 0. The Balaban J connectivity index is 2.03. The van der Waals surface area contributed by atoms with Crippen LogP contribution in [0.3, 0.4) is 0 Å². The molecule has 0 radical (unpaired) electrons. The highest BCUT2D eigenvalue weighted by atomic mass is 16.6. The van der Waals surface area contributed by atoms with Crippen molar-refractivity contribution in [1.82, 2.24) is 0 Å². The monoisotopic (exact) mass is 254 g/mol. The SMILES string of the molecule is CC1(C(c2ccc(N)cc2)c2ccc(N)cc2)CO1. The summed E-state index contributed by atoms with van der Waals surface area (Å²) in [5.41, 5.74) is 15.4. The standard InChI is InChI=1S/C16H18N2O/c1-16(10-19-16)15(11-2-6-13(17)7-3-11)12-4-8-14(18)9-5-12/h2-9,15H,10,17-18H2,1H3. The van der Waals surface area contributed by atoms with Gasteiger partial charge in [0.05, 0.1) is 12.2 Å². The van der Waals surface area contributed by atoms with Gasteiger partial charge in [-0.15, -0.1) is 0 Å². The van der Waals surface area contributed by atoms with Crippen LogP contribution in [0.15, 0.2) is 48.5 Å². The molecule has 2 aromatic rings. The minimum Gasteiger partial charge on any atom is -0.399 e. The molecule has 19 heavy (non-hydrogen) atoms. The quantitative estimate of drug-likeness (QED) is 0.654. The van der Waals surface area contributed by atoms with Crippen molar-refractivity contribution >= 4 is 11.4 Å². The van der Waals surface area contributed by atoms with Gasteiger partial charge in [0.15, 0.2) is 0 Å². The van der Waals surface area contributed by atoms with Crippen LogP contribution >= 0.6 is 0 Å². The van der Waals surface area contributed by atoms with E-state index < -0.39 is 0 Å². The van der Waals surface area contributed by atoms with Crippen molar-refractivity contribution in [2.45, 2.75) is 18.4 Å². The van der Waals surface area contributed by atoms with Gasteiger partial charge in [0.2, 0.25) is 0 Å². The Hall–Kier alpha value is -2.00. The molecule has 0 saturated carbocycles. The van der Waals surface area contributed by atoms with E-state index in [0.717, 1.165) is 18.0 Å². The first kappa shape index (κ1) is 12.1. The van der Waals surface area contributed by atoms with Crippen molar-refractivity contribution in [3.8, 4) is 0 Å². The summed E-state index contributed by atoms with van der Waals surface area (Å²) in [5, 5.41) is 0. The Kier molecular flexibility index (Phi) is 2.72. The Labute approximate surface area is 113 Å². The summed E-state index contributed by atoms with van der Waals surface area (Å²) in [6.45, 7) is 2.93. The van der Waals surface area contributed by atoms with E-state index in [2.05, 4.69) is 31.2 Å². The average Bonchev–Trinajstić information content (AvgIpc) is 3.13. The van der Waals surface area contributed by atoms with Gasteiger partial charge in [0, 0.05) is 17.3 Å². The van der Waals surface area contributed by atoms with E-state index in [-0.39, 0.29) is 11.5 Å². The fraction of sp³-hybridized carbons (Fsp3) is 0.250. The van der Waals surface area contributed by atoms with Crippen molar-refractivity contribution in [1.29, 1.82) is 0 Å². The van der Waals surface area contributed by atoms with Crippen LogP contribution in [0.4, 0.5) is 11.4 Å². The molecule has 1 aliphatic rings. The van der Waals surface area contributed by atoms with Gasteiger partial charge in [-0.2, -0.15) is 0 Å². The molecule has 3 nitrogen and oxygen atoms in total. The summed E-state index contributed by atoms with van der Waals surface area (Å²) in [4.78, 5) is 0. The molecule has 0 bridgehead atoms. The number of benzene rings is 2. The largest absolute Gasteiger partial charge is 0.399 e. The summed E-state index contributed by atoms with van der Waals surface area (Å²) < 4.78 is 5.66. The lowest BCUT2D eigenvalue weighted by Crippen LogP contribution is -2.19. The summed E-state index contributed by atoms with van der Waals surface area (Å²) in [5.74, 6) is 0.216.